The van der Waals surface area contributed by atoms with E-state index in [0.29, 0.717) is 17.3 Å². The predicted molar refractivity (Wildman–Crippen MR) is 127 cm³/mol. The molecule has 0 atom stereocenters. The van der Waals surface area contributed by atoms with Gasteiger partial charge >= 0.3 is 6.03 Å². The smallest absolute Gasteiger partial charge is 0.323 e. The van der Waals surface area contributed by atoms with Gasteiger partial charge in [0.1, 0.15) is 12.1 Å². The molecule has 1 saturated heterocycles. The van der Waals surface area contributed by atoms with Crippen molar-refractivity contribution in [2.45, 2.75) is 12.8 Å². The quantitative estimate of drug-likeness (QED) is 0.431. The van der Waals surface area contributed by atoms with Gasteiger partial charge in [-0.1, -0.05) is 18.2 Å². The number of nitrogens with zero attached hydrogens (tertiary/aromatic N) is 3. The molecule has 1 aliphatic heterocycles. The lowest BCUT2D eigenvalue weighted by molar-refractivity contribution is 0.262. The fraction of sp³-hybridized carbons (Fsp3) is 0.160. The lowest BCUT2D eigenvalue weighted by Crippen LogP contribution is -2.19. The van der Waals surface area contributed by atoms with Gasteiger partial charge < -0.3 is 20.3 Å². The number of ether oxygens (including phenoxy) is 1. The molecule has 0 bridgehead atoms. The molecule has 160 valence electrons. The number of carbonyl (C=O) groups is 1. The van der Waals surface area contributed by atoms with Crippen LogP contribution >= 0.6 is 0 Å². The largest absolute Gasteiger partial charge is 0.438 e. The van der Waals surface area contributed by atoms with E-state index in [4.69, 9.17) is 4.74 Å². The van der Waals surface area contributed by atoms with Gasteiger partial charge in [-0.15, -0.1) is 0 Å². The molecule has 7 heteroatoms. The third-order valence-electron chi connectivity index (χ3n) is 5.41. The van der Waals surface area contributed by atoms with Gasteiger partial charge in [0.2, 0.25) is 5.88 Å². The molecule has 2 amide bonds. The van der Waals surface area contributed by atoms with Gasteiger partial charge in [0, 0.05) is 30.2 Å². The first-order valence-electron chi connectivity index (χ1n) is 10.7. The van der Waals surface area contributed by atoms with Crippen LogP contribution in [0.5, 0.6) is 11.6 Å². The van der Waals surface area contributed by atoms with Crippen molar-refractivity contribution in [3.05, 3.63) is 79.1 Å². The number of hydrogen-bond acceptors (Lipinski definition) is 5. The number of anilines is 3. The highest BCUT2D eigenvalue weighted by atomic mass is 16.5. The lowest BCUT2D eigenvalue weighted by atomic mass is 10.2. The van der Waals surface area contributed by atoms with E-state index in [1.54, 1.807) is 24.3 Å². The Morgan fingerprint density at radius 1 is 0.844 bits per heavy atom. The molecule has 0 radical (unpaired) electrons. The number of hydrogen-bond donors (Lipinski definition) is 2. The summed E-state index contributed by atoms with van der Waals surface area (Å²) in [7, 11) is 0. The maximum absolute atomic E-state index is 12.2. The zero-order valence-corrected chi connectivity index (χ0v) is 17.5. The number of amides is 2. The van der Waals surface area contributed by atoms with Gasteiger partial charge in [0.05, 0.1) is 10.9 Å². The summed E-state index contributed by atoms with van der Waals surface area (Å²) in [6, 6.07) is 22.4. The molecule has 2 N–H and O–H groups in total. The normalized spacial score (nSPS) is 13.2. The minimum absolute atomic E-state index is 0.305. The van der Waals surface area contributed by atoms with Crippen LogP contribution in [0.25, 0.3) is 10.9 Å². The van der Waals surface area contributed by atoms with Crippen LogP contribution in [-0.2, 0) is 0 Å². The first kappa shape index (κ1) is 19.8. The zero-order valence-electron chi connectivity index (χ0n) is 17.5. The van der Waals surface area contributed by atoms with E-state index in [9.17, 15) is 4.79 Å². The average molecular weight is 425 g/mol. The van der Waals surface area contributed by atoms with Crippen molar-refractivity contribution in [1.82, 2.24) is 9.97 Å². The summed E-state index contributed by atoms with van der Waals surface area (Å²) in [5.74, 6) is 1.13. The van der Waals surface area contributed by atoms with Crippen LogP contribution in [0.2, 0.25) is 0 Å². The van der Waals surface area contributed by atoms with E-state index in [1.165, 1.54) is 24.9 Å². The van der Waals surface area contributed by atoms with Crippen molar-refractivity contribution in [1.29, 1.82) is 0 Å². The van der Waals surface area contributed by atoms with Gasteiger partial charge in [-0.05, 0) is 67.4 Å². The molecule has 4 aromatic rings. The standard InChI is InChI=1S/C25H23N5O2/c31-25(28-18-6-2-1-3-7-18)29-19-8-11-21(12-9-19)32-24-22-13-10-20(30-14-4-5-15-30)16-23(22)26-17-27-24/h1-3,6-13,16-17H,4-5,14-15H2,(H2,28,29,31). The van der Waals surface area contributed by atoms with E-state index in [1.807, 2.05) is 36.4 Å². The number of rotatable bonds is 5. The minimum atomic E-state index is -0.305. The van der Waals surface area contributed by atoms with Gasteiger partial charge in [-0.3, -0.25) is 0 Å². The summed E-state index contributed by atoms with van der Waals surface area (Å²) in [6.07, 6.45) is 3.99. The number of carbonyl (C=O) groups excluding carboxylic acids is 1. The van der Waals surface area contributed by atoms with E-state index in [-0.39, 0.29) is 6.03 Å². The van der Waals surface area contributed by atoms with Crippen molar-refractivity contribution in [3.8, 4) is 11.6 Å². The molecule has 1 aromatic heterocycles. The fourth-order valence-electron chi connectivity index (χ4n) is 3.81. The number of benzene rings is 3. The Balaban J connectivity index is 1.27. The topological polar surface area (TPSA) is 79.4 Å². The first-order valence-corrected chi connectivity index (χ1v) is 10.7. The minimum Gasteiger partial charge on any atom is -0.438 e. The maximum Gasteiger partial charge on any atom is 0.323 e. The van der Waals surface area contributed by atoms with E-state index in [2.05, 4.69) is 37.6 Å². The molecule has 1 aliphatic rings. The Morgan fingerprint density at radius 2 is 1.56 bits per heavy atom. The van der Waals surface area contributed by atoms with E-state index < -0.39 is 0 Å². The first-order chi connectivity index (χ1) is 15.7. The van der Waals surface area contributed by atoms with Gasteiger partial charge in [0.15, 0.2) is 0 Å². The van der Waals surface area contributed by atoms with Gasteiger partial charge in [-0.25, -0.2) is 14.8 Å². The molecular weight excluding hydrogens is 402 g/mol. The Kier molecular flexibility index (Phi) is 5.53. The van der Waals surface area contributed by atoms with Crippen LogP contribution in [-0.4, -0.2) is 29.1 Å². The average Bonchev–Trinajstić information content (AvgIpc) is 3.36. The number of aromatic nitrogens is 2. The van der Waals surface area contributed by atoms with Crippen LogP contribution in [0, 0.1) is 0 Å². The Labute approximate surface area is 186 Å². The Bertz CT molecular complexity index is 1220. The van der Waals surface area contributed by atoms with E-state index >= 15 is 0 Å². The lowest BCUT2D eigenvalue weighted by Gasteiger charge is -2.18. The Hall–Kier alpha value is -4.13. The third kappa shape index (κ3) is 4.46. The molecule has 0 aliphatic carbocycles. The number of urea groups is 1. The van der Waals surface area contributed by atoms with Crippen LogP contribution in [0.15, 0.2) is 79.1 Å². The third-order valence-corrected chi connectivity index (χ3v) is 5.41. The molecule has 0 spiro atoms. The SMILES string of the molecule is O=C(Nc1ccccc1)Nc1ccc(Oc2ncnc3cc(N4CCCC4)ccc23)cc1. The van der Waals surface area contributed by atoms with Crippen LogP contribution in [0.1, 0.15) is 12.8 Å². The second-order valence-corrected chi connectivity index (χ2v) is 7.65. The summed E-state index contributed by atoms with van der Waals surface area (Å²) >= 11 is 0. The second-order valence-electron chi connectivity index (χ2n) is 7.65. The highest BCUT2D eigenvalue weighted by molar-refractivity contribution is 5.99. The van der Waals surface area contributed by atoms with Gasteiger partial charge in [-0.2, -0.15) is 0 Å². The summed E-state index contributed by atoms with van der Waals surface area (Å²) < 4.78 is 6.02. The fourth-order valence-corrected chi connectivity index (χ4v) is 3.81. The van der Waals surface area contributed by atoms with Crippen LogP contribution in [0.4, 0.5) is 21.9 Å². The molecule has 2 heterocycles. The summed E-state index contributed by atoms with van der Waals surface area (Å²) in [4.78, 5) is 23.3. The number of fused-ring (bicyclic) bond motifs is 1. The molecule has 5 rings (SSSR count). The summed E-state index contributed by atoms with van der Waals surface area (Å²) in [5, 5.41) is 6.46. The highest BCUT2D eigenvalue weighted by Gasteiger charge is 2.14. The number of nitrogens with one attached hydrogen (secondary N) is 2. The molecule has 3 aromatic carbocycles. The molecule has 0 saturated carbocycles. The van der Waals surface area contributed by atoms with Crippen LogP contribution in [0.3, 0.4) is 0 Å². The highest BCUT2D eigenvalue weighted by Crippen LogP contribution is 2.30. The summed E-state index contributed by atoms with van der Waals surface area (Å²) in [6.45, 7) is 2.17. The predicted octanol–water partition coefficient (Wildman–Crippen LogP) is 5.67. The maximum atomic E-state index is 12.2. The molecule has 0 unspecified atom stereocenters. The Morgan fingerprint density at radius 3 is 2.31 bits per heavy atom. The van der Waals surface area contributed by atoms with Crippen molar-refractivity contribution >= 4 is 34.0 Å². The van der Waals surface area contributed by atoms with Crippen LogP contribution < -0.4 is 20.3 Å². The number of para-hydroxylation sites is 1. The second kappa shape index (κ2) is 8.93. The van der Waals surface area contributed by atoms with Gasteiger partial charge in [0.25, 0.3) is 0 Å². The summed E-state index contributed by atoms with van der Waals surface area (Å²) in [5.41, 5.74) is 3.43. The monoisotopic (exact) mass is 425 g/mol. The van der Waals surface area contributed by atoms with E-state index in [0.717, 1.165) is 29.7 Å². The van der Waals surface area contributed by atoms with Crippen molar-refractivity contribution in [3.63, 3.8) is 0 Å². The molecule has 7 nitrogen and oxygen atoms in total. The molecule has 32 heavy (non-hydrogen) atoms. The van der Waals surface area contributed by atoms with Crippen molar-refractivity contribution < 1.29 is 9.53 Å². The van der Waals surface area contributed by atoms with Crippen molar-refractivity contribution in [2.75, 3.05) is 28.6 Å². The molecule has 1 fully saturated rings. The van der Waals surface area contributed by atoms with Crippen molar-refractivity contribution in [2.24, 2.45) is 0 Å². The zero-order chi connectivity index (χ0) is 21.8. The molecular formula is C25H23N5O2.